The Morgan fingerprint density at radius 1 is 1.11 bits per heavy atom. The van der Waals surface area contributed by atoms with Crippen LogP contribution in [0.5, 0.6) is 0 Å². The summed E-state index contributed by atoms with van der Waals surface area (Å²) >= 11 is 0. The van der Waals surface area contributed by atoms with Crippen molar-refractivity contribution in [1.82, 2.24) is 10.2 Å². The van der Waals surface area contributed by atoms with Crippen LogP contribution in [-0.2, 0) is 6.54 Å². The Bertz CT molecular complexity index is 381. The quantitative estimate of drug-likeness (QED) is 0.847. The van der Waals surface area contributed by atoms with E-state index >= 15 is 0 Å². The van der Waals surface area contributed by atoms with Crippen molar-refractivity contribution in [2.75, 3.05) is 13.2 Å². The number of benzene rings is 1. The molecule has 2 fully saturated rings. The van der Waals surface area contributed by atoms with Crippen LogP contribution in [0, 0.1) is 0 Å². The lowest BCUT2D eigenvalue weighted by Gasteiger charge is -2.39. The Balaban J connectivity index is 1.52. The second-order valence-electron chi connectivity index (χ2n) is 5.88. The Morgan fingerprint density at radius 2 is 1.79 bits per heavy atom. The number of rotatable bonds is 5. The predicted octanol–water partition coefficient (Wildman–Crippen LogP) is 1.76. The number of aliphatic hydroxyl groups is 1. The van der Waals surface area contributed by atoms with Crippen LogP contribution in [0.15, 0.2) is 30.3 Å². The molecule has 2 saturated heterocycles. The second-order valence-corrected chi connectivity index (χ2v) is 5.88. The molecule has 3 nitrogen and oxygen atoms in total. The van der Waals surface area contributed by atoms with E-state index in [1.54, 1.807) is 0 Å². The van der Waals surface area contributed by atoms with Crippen LogP contribution in [0.25, 0.3) is 0 Å². The van der Waals surface area contributed by atoms with E-state index in [1.807, 2.05) is 0 Å². The molecule has 0 amide bonds. The fraction of sp³-hybridized carbons (Fsp3) is 0.625. The van der Waals surface area contributed by atoms with Gasteiger partial charge in [0, 0.05) is 31.2 Å². The molecule has 1 aromatic carbocycles. The first kappa shape index (κ1) is 13.1. The molecule has 104 valence electrons. The Morgan fingerprint density at radius 3 is 2.42 bits per heavy atom. The highest BCUT2D eigenvalue weighted by molar-refractivity contribution is 5.14. The SMILES string of the molecule is OCCN1C2CCC1CC(NCc1ccccc1)C2. The number of piperidine rings is 1. The van der Waals surface area contributed by atoms with Crippen LogP contribution >= 0.6 is 0 Å². The summed E-state index contributed by atoms with van der Waals surface area (Å²) in [6, 6.07) is 12.7. The monoisotopic (exact) mass is 260 g/mol. The van der Waals surface area contributed by atoms with Gasteiger partial charge in [-0.25, -0.2) is 0 Å². The van der Waals surface area contributed by atoms with E-state index in [9.17, 15) is 0 Å². The first-order valence-electron chi connectivity index (χ1n) is 7.50. The molecule has 0 aromatic heterocycles. The van der Waals surface area contributed by atoms with Crippen LogP contribution in [0.1, 0.15) is 31.2 Å². The van der Waals surface area contributed by atoms with Gasteiger partial charge in [0.05, 0.1) is 6.61 Å². The van der Waals surface area contributed by atoms with Crippen molar-refractivity contribution in [3.05, 3.63) is 35.9 Å². The summed E-state index contributed by atoms with van der Waals surface area (Å²) in [6.07, 6.45) is 5.11. The highest BCUT2D eigenvalue weighted by Gasteiger charge is 2.39. The van der Waals surface area contributed by atoms with Gasteiger partial charge in [-0.05, 0) is 31.2 Å². The van der Waals surface area contributed by atoms with Crippen LogP contribution in [0.2, 0.25) is 0 Å². The minimum Gasteiger partial charge on any atom is -0.395 e. The Hall–Kier alpha value is -0.900. The van der Waals surface area contributed by atoms with Gasteiger partial charge in [-0.15, -0.1) is 0 Å². The highest BCUT2D eigenvalue weighted by Crippen LogP contribution is 2.35. The fourth-order valence-electron chi connectivity index (χ4n) is 3.78. The van der Waals surface area contributed by atoms with Gasteiger partial charge in [-0.3, -0.25) is 4.90 Å². The second kappa shape index (κ2) is 6.04. The van der Waals surface area contributed by atoms with Crippen LogP contribution in [0.3, 0.4) is 0 Å². The van der Waals surface area contributed by atoms with Gasteiger partial charge in [0.1, 0.15) is 0 Å². The summed E-state index contributed by atoms with van der Waals surface area (Å²) in [6.45, 7) is 2.14. The first-order valence-corrected chi connectivity index (χ1v) is 7.50. The molecule has 0 saturated carbocycles. The summed E-state index contributed by atoms with van der Waals surface area (Å²) in [5.74, 6) is 0. The molecule has 3 heteroatoms. The number of aliphatic hydroxyl groups excluding tert-OH is 1. The van der Waals surface area contributed by atoms with Crippen LogP contribution in [0.4, 0.5) is 0 Å². The lowest BCUT2D eigenvalue weighted by molar-refractivity contribution is 0.0925. The highest BCUT2D eigenvalue weighted by atomic mass is 16.3. The molecule has 0 spiro atoms. The van der Waals surface area contributed by atoms with Gasteiger partial charge in [0.15, 0.2) is 0 Å². The molecule has 2 N–H and O–H groups in total. The van der Waals surface area contributed by atoms with E-state index in [1.165, 1.54) is 31.2 Å². The van der Waals surface area contributed by atoms with Gasteiger partial charge in [0.25, 0.3) is 0 Å². The average molecular weight is 260 g/mol. The third kappa shape index (κ3) is 2.99. The smallest absolute Gasteiger partial charge is 0.0558 e. The summed E-state index contributed by atoms with van der Waals surface area (Å²) < 4.78 is 0. The summed E-state index contributed by atoms with van der Waals surface area (Å²) in [7, 11) is 0. The van der Waals surface area contributed by atoms with Crippen molar-refractivity contribution in [3.8, 4) is 0 Å². The number of hydrogen-bond acceptors (Lipinski definition) is 3. The largest absolute Gasteiger partial charge is 0.395 e. The minimum atomic E-state index is 0.301. The van der Waals surface area contributed by atoms with Gasteiger partial charge in [-0.1, -0.05) is 30.3 Å². The van der Waals surface area contributed by atoms with Gasteiger partial charge in [0.2, 0.25) is 0 Å². The standard InChI is InChI=1S/C16H24N2O/c19-9-8-18-15-6-7-16(18)11-14(10-15)17-12-13-4-2-1-3-5-13/h1-5,14-17,19H,6-12H2. The number of hydrogen-bond donors (Lipinski definition) is 2. The van der Waals surface area contributed by atoms with Crippen molar-refractivity contribution < 1.29 is 5.11 Å². The molecular formula is C16H24N2O. The molecule has 1 aromatic rings. The van der Waals surface area contributed by atoms with Crippen molar-refractivity contribution in [2.45, 2.75) is 50.4 Å². The lowest BCUT2D eigenvalue weighted by Crippen LogP contribution is -2.49. The zero-order valence-corrected chi connectivity index (χ0v) is 11.5. The molecule has 0 radical (unpaired) electrons. The molecule has 2 aliphatic rings. The fourth-order valence-corrected chi connectivity index (χ4v) is 3.78. The van der Waals surface area contributed by atoms with Crippen LogP contribution < -0.4 is 5.32 Å². The maximum Gasteiger partial charge on any atom is 0.0558 e. The molecule has 2 heterocycles. The summed E-state index contributed by atoms with van der Waals surface area (Å²) in [5.41, 5.74) is 1.37. The minimum absolute atomic E-state index is 0.301. The first-order chi connectivity index (χ1) is 9.36. The lowest BCUT2D eigenvalue weighted by atomic mass is 9.97. The molecular weight excluding hydrogens is 236 g/mol. The molecule has 19 heavy (non-hydrogen) atoms. The molecule has 0 aliphatic carbocycles. The van der Waals surface area contributed by atoms with Gasteiger partial charge < -0.3 is 10.4 Å². The third-order valence-electron chi connectivity index (χ3n) is 4.68. The zero-order valence-electron chi connectivity index (χ0n) is 11.5. The van der Waals surface area contributed by atoms with E-state index in [-0.39, 0.29) is 0 Å². The number of fused-ring (bicyclic) bond motifs is 2. The summed E-state index contributed by atoms with van der Waals surface area (Å²) in [4.78, 5) is 2.53. The molecule has 3 rings (SSSR count). The van der Waals surface area contributed by atoms with Crippen LogP contribution in [-0.4, -0.2) is 41.3 Å². The third-order valence-corrected chi connectivity index (χ3v) is 4.68. The molecule has 2 aliphatic heterocycles. The molecule has 2 bridgehead atoms. The predicted molar refractivity (Wildman–Crippen MR) is 76.9 cm³/mol. The Labute approximate surface area is 115 Å². The normalized spacial score (nSPS) is 30.7. The van der Waals surface area contributed by atoms with Gasteiger partial charge >= 0.3 is 0 Å². The van der Waals surface area contributed by atoms with Gasteiger partial charge in [-0.2, -0.15) is 0 Å². The zero-order chi connectivity index (χ0) is 13.1. The van der Waals surface area contributed by atoms with Crippen molar-refractivity contribution in [2.24, 2.45) is 0 Å². The maximum atomic E-state index is 9.14. The van der Waals surface area contributed by atoms with E-state index in [4.69, 9.17) is 5.11 Å². The maximum absolute atomic E-state index is 9.14. The number of nitrogens with one attached hydrogen (secondary N) is 1. The van der Waals surface area contributed by atoms with Crippen molar-refractivity contribution in [1.29, 1.82) is 0 Å². The van der Waals surface area contributed by atoms with E-state index < -0.39 is 0 Å². The van der Waals surface area contributed by atoms with Crippen molar-refractivity contribution >= 4 is 0 Å². The van der Waals surface area contributed by atoms with E-state index in [2.05, 4.69) is 40.5 Å². The molecule has 2 unspecified atom stereocenters. The number of nitrogens with zero attached hydrogens (tertiary/aromatic N) is 1. The average Bonchev–Trinajstić information content (AvgIpc) is 2.70. The molecule has 2 atom stereocenters. The van der Waals surface area contributed by atoms with Crippen molar-refractivity contribution in [3.63, 3.8) is 0 Å². The van der Waals surface area contributed by atoms with E-state index in [0.29, 0.717) is 24.7 Å². The topological polar surface area (TPSA) is 35.5 Å². The Kier molecular flexibility index (Phi) is 4.16. The summed E-state index contributed by atoms with van der Waals surface area (Å²) in [5, 5.41) is 12.9. The van der Waals surface area contributed by atoms with E-state index in [0.717, 1.165) is 13.1 Å².